The van der Waals surface area contributed by atoms with Gasteiger partial charge in [-0.25, -0.2) is 4.79 Å². The number of rotatable bonds is 6. The Labute approximate surface area is 122 Å². The molecule has 0 bridgehead atoms. The van der Waals surface area contributed by atoms with Crippen LogP contribution in [0.25, 0.3) is 0 Å². The van der Waals surface area contributed by atoms with Crippen molar-refractivity contribution in [3.63, 3.8) is 0 Å². The molecule has 0 aliphatic heterocycles. The lowest BCUT2D eigenvalue weighted by Crippen LogP contribution is -2.55. The van der Waals surface area contributed by atoms with Gasteiger partial charge in [-0.15, -0.1) is 0 Å². The Balaban J connectivity index is 1.88. The number of carbonyl (C=O) groups excluding carboxylic acids is 1. The zero-order valence-corrected chi connectivity index (χ0v) is 13.1. The molecule has 2 aliphatic carbocycles. The summed E-state index contributed by atoms with van der Waals surface area (Å²) in [5.74, 6) is 1.40. The molecule has 4 unspecified atom stereocenters. The monoisotopic (exact) mass is 283 g/mol. The number of carbonyl (C=O) groups is 1. The van der Waals surface area contributed by atoms with Gasteiger partial charge in [0.1, 0.15) is 5.54 Å². The zero-order chi connectivity index (χ0) is 14.8. The van der Waals surface area contributed by atoms with Crippen LogP contribution in [0.4, 0.5) is 0 Å². The van der Waals surface area contributed by atoms with Crippen LogP contribution in [0.1, 0.15) is 52.9 Å². The second kappa shape index (κ2) is 6.44. The average molecular weight is 283 g/mol. The second-order valence-electron chi connectivity index (χ2n) is 6.74. The summed E-state index contributed by atoms with van der Waals surface area (Å²) < 4.78 is 11.2. The third kappa shape index (κ3) is 3.53. The van der Waals surface area contributed by atoms with E-state index in [2.05, 4.69) is 13.8 Å². The second-order valence-corrected chi connectivity index (χ2v) is 6.74. The van der Waals surface area contributed by atoms with E-state index in [0.717, 1.165) is 31.6 Å². The number of esters is 1. The van der Waals surface area contributed by atoms with Crippen molar-refractivity contribution in [1.29, 1.82) is 0 Å². The highest BCUT2D eigenvalue weighted by Gasteiger charge is 2.50. The first-order valence-corrected chi connectivity index (χ1v) is 8.05. The van der Waals surface area contributed by atoms with Crippen molar-refractivity contribution >= 4 is 5.97 Å². The van der Waals surface area contributed by atoms with Gasteiger partial charge >= 0.3 is 5.97 Å². The van der Waals surface area contributed by atoms with E-state index in [1.54, 1.807) is 0 Å². The molecular formula is C16H29NO3. The van der Waals surface area contributed by atoms with Crippen molar-refractivity contribution < 1.29 is 14.3 Å². The number of nitrogens with two attached hydrogens (primary N) is 1. The summed E-state index contributed by atoms with van der Waals surface area (Å²) in [6.45, 7) is 7.08. The van der Waals surface area contributed by atoms with E-state index in [1.165, 1.54) is 6.42 Å². The summed E-state index contributed by atoms with van der Waals surface area (Å²) in [7, 11) is 0. The van der Waals surface area contributed by atoms with Crippen LogP contribution in [0.3, 0.4) is 0 Å². The summed E-state index contributed by atoms with van der Waals surface area (Å²) in [5, 5.41) is 0. The summed E-state index contributed by atoms with van der Waals surface area (Å²) in [6.07, 6.45) is 5.62. The minimum atomic E-state index is -0.928. The van der Waals surface area contributed by atoms with Crippen molar-refractivity contribution in [2.45, 2.75) is 64.5 Å². The average Bonchev–Trinajstić information content (AvgIpc) is 3.25. The molecule has 116 valence electrons. The first kappa shape index (κ1) is 15.8. The van der Waals surface area contributed by atoms with Gasteiger partial charge in [0.25, 0.3) is 0 Å². The Morgan fingerprint density at radius 1 is 1.20 bits per heavy atom. The van der Waals surface area contributed by atoms with Crippen LogP contribution in [-0.2, 0) is 14.3 Å². The third-order valence-corrected chi connectivity index (χ3v) is 5.07. The topological polar surface area (TPSA) is 61.5 Å². The Hall–Kier alpha value is -0.610. The molecule has 4 atom stereocenters. The molecule has 0 amide bonds. The summed E-state index contributed by atoms with van der Waals surface area (Å²) in [6, 6.07) is 0. The van der Waals surface area contributed by atoms with E-state index < -0.39 is 5.54 Å². The lowest BCUT2D eigenvalue weighted by atomic mass is 9.80. The number of hydrogen-bond acceptors (Lipinski definition) is 4. The Morgan fingerprint density at radius 3 is 2.45 bits per heavy atom. The maximum atomic E-state index is 12.1. The molecule has 0 aromatic carbocycles. The quantitative estimate of drug-likeness (QED) is 0.761. The molecule has 4 nitrogen and oxygen atoms in total. The zero-order valence-electron chi connectivity index (χ0n) is 13.1. The standard InChI is InChI=1S/C16H29NO3/c1-4-19-15(18)16(17,13-6-7-13)10-20-14-8-5-11(2)12(3)9-14/h11-14H,4-10,17H2,1-3H3. The predicted molar refractivity (Wildman–Crippen MR) is 78.2 cm³/mol. The maximum absolute atomic E-state index is 12.1. The van der Waals surface area contributed by atoms with E-state index in [9.17, 15) is 4.79 Å². The molecule has 0 aromatic heterocycles. The fourth-order valence-corrected chi connectivity index (χ4v) is 3.11. The molecule has 0 radical (unpaired) electrons. The van der Waals surface area contributed by atoms with Gasteiger partial charge in [0.2, 0.25) is 0 Å². The first-order chi connectivity index (χ1) is 9.47. The van der Waals surface area contributed by atoms with Gasteiger partial charge in [-0.1, -0.05) is 13.8 Å². The van der Waals surface area contributed by atoms with Gasteiger partial charge in [0, 0.05) is 0 Å². The molecule has 2 rings (SSSR count). The molecule has 0 saturated heterocycles. The largest absolute Gasteiger partial charge is 0.465 e. The van der Waals surface area contributed by atoms with Crippen LogP contribution in [-0.4, -0.2) is 30.8 Å². The third-order valence-electron chi connectivity index (χ3n) is 5.07. The minimum absolute atomic E-state index is 0.237. The van der Waals surface area contributed by atoms with Gasteiger partial charge in [0.15, 0.2) is 0 Å². The Morgan fingerprint density at radius 2 is 1.90 bits per heavy atom. The summed E-state index contributed by atoms with van der Waals surface area (Å²) >= 11 is 0. The van der Waals surface area contributed by atoms with Crippen LogP contribution >= 0.6 is 0 Å². The van der Waals surface area contributed by atoms with Crippen LogP contribution < -0.4 is 5.73 Å². The molecule has 2 aliphatic rings. The molecule has 2 fully saturated rings. The van der Waals surface area contributed by atoms with E-state index in [-0.39, 0.29) is 18.0 Å². The maximum Gasteiger partial charge on any atom is 0.328 e. The van der Waals surface area contributed by atoms with Gasteiger partial charge in [-0.2, -0.15) is 0 Å². The van der Waals surface area contributed by atoms with Crippen LogP contribution in [0.15, 0.2) is 0 Å². The van der Waals surface area contributed by atoms with Crippen molar-refractivity contribution in [2.75, 3.05) is 13.2 Å². The molecule has 2 saturated carbocycles. The van der Waals surface area contributed by atoms with E-state index in [0.29, 0.717) is 19.1 Å². The lowest BCUT2D eigenvalue weighted by Gasteiger charge is -2.34. The number of ether oxygens (including phenoxy) is 2. The Kier molecular flexibility index (Phi) is 5.08. The van der Waals surface area contributed by atoms with Crippen molar-refractivity contribution in [3.05, 3.63) is 0 Å². The van der Waals surface area contributed by atoms with Crippen molar-refractivity contribution in [2.24, 2.45) is 23.5 Å². The van der Waals surface area contributed by atoms with Crippen molar-refractivity contribution in [3.8, 4) is 0 Å². The predicted octanol–water partition coefficient (Wildman–Crippen LogP) is 2.50. The van der Waals surface area contributed by atoms with Crippen LogP contribution in [0, 0.1) is 17.8 Å². The normalized spacial score (nSPS) is 33.5. The SMILES string of the molecule is CCOC(=O)C(N)(COC1CCC(C)C(C)C1)C1CC1. The highest BCUT2D eigenvalue weighted by atomic mass is 16.5. The Bertz CT molecular complexity index is 343. The molecule has 0 spiro atoms. The van der Waals surface area contributed by atoms with E-state index >= 15 is 0 Å². The van der Waals surface area contributed by atoms with Crippen LogP contribution in [0.5, 0.6) is 0 Å². The minimum Gasteiger partial charge on any atom is -0.465 e. The molecule has 20 heavy (non-hydrogen) atoms. The van der Waals surface area contributed by atoms with Gasteiger partial charge in [0.05, 0.1) is 19.3 Å². The highest BCUT2D eigenvalue weighted by Crippen LogP contribution is 2.40. The highest BCUT2D eigenvalue weighted by molar-refractivity contribution is 5.81. The molecule has 4 heteroatoms. The lowest BCUT2D eigenvalue weighted by molar-refractivity contribution is -0.155. The van der Waals surface area contributed by atoms with E-state index in [4.69, 9.17) is 15.2 Å². The first-order valence-electron chi connectivity index (χ1n) is 8.05. The fourth-order valence-electron chi connectivity index (χ4n) is 3.11. The van der Waals surface area contributed by atoms with Gasteiger partial charge < -0.3 is 15.2 Å². The van der Waals surface area contributed by atoms with Gasteiger partial charge in [-0.05, 0) is 56.8 Å². The molecular weight excluding hydrogens is 254 g/mol. The smallest absolute Gasteiger partial charge is 0.328 e. The molecule has 0 heterocycles. The van der Waals surface area contributed by atoms with Gasteiger partial charge in [-0.3, -0.25) is 0 Å². The summed E-state index contributed by atoms with van der Waals surface area (Å²) in [5.41, 5.74) is 5.38. The fraction of sp³-hybridized carbons (Fsp3) is 0.938. The molecule has 2 N–H and O–H groups in total. The van der Waals surface area contributed by atoms with Crippen molar-refractivity contribution in [1.82, 2.24) is 0 Å². The van der Waals surface area contributed by atoms with E-state index in [1.807, 2.05) is 6.92 Å². The molecule has 0 aromatic rings. The summed E-state index contributed by atoms with van der Waals surface area (Å²) in [4.78, 5) is 12.1. The van der Waals surface area contributed by atoms with Crippen LogP contribution in [0.2, 0.25) is 0 Å². The number of hydrogen-bond donors (Lipinski definition) is 1.